The zero-order valence-electron chi connectivity index (χ0n) is 6.65. The van der Waals surface area contributed by atoms with E-state index >= 15 is 0 Å². The van der Waals surface area contributed by atoms with E-state index < -0.39 is 9.84 Å². The Kier molecular flexibility index (Phi) is 2.43. The van der Waals surface area contributed by atoms with Crippen LogP contribution in [0.15, 0.2) is 9.64 Å². The smallest absolute Gasteiger partial charge is 0.335 e. The molecular formula is C5H10N3O3S+. The largest absolute Gasteiger partial charge is 0.412 e. The molecule has 1 aromatic rings. The Hall–Kier alpha value is -0.950. The van der Waals surface area contributed by atoms with Crippen LogP contribution >= 0.6 is 0 Å². The first-order valence-corrected chi connectivity index (χ1v) is 5.25. The highest BCUT2D eigenvalue weighted by Gasteiger charge is 2.15. The van der Waals surface area contributed by atoms with Crippen LogP contribution in [-0.2, 0) is 16.3 Å². The van der Waals surface area contributed by atoms with Crippen LogP contribution in [0.1, 0.15) is 5.89 Å². The summed E-state index contributed by atoms with van der Waals surface area (Å²) in [7, 11) is -3.36. The summed E-state index contributed by atoms with van der Waals surface area (Å²) >= 11 is 0. The van der Waals surface area contributed by atoms with Crippen molar-refractivity contribution < 1.29 is 18.6 Å². The minimum Gasteiger partial charge on any atom is -0.412 e. The van der Waals surface area contributed by atoms with Crippen molar-refractivity contribution in [3.8, 4) is 0 Å². The van der Waals surface area contributed by atoms with Crippen LogP contribution in [0.3, 0.4) is 0 Å². The first kappa shape index (κ1) is 9.14. The van der Waals surface area contributed by atoms with Gasteiger partial charge in [0.2, 0.25) is 15.7 Å². The fraction of sp³-hybridized carbons (Fsp3) is 0.600. The van der Waals surface area contributed by atoms with Crippen molar-refractivity contribution in [3.05, 3.63) is 5.89 Å². The van der Waals surface area contributed by atoms with Crippen molar-refractivity contribution in [2.45, 2.75) is 11.6 Å². The van der Waals surface area contributed by atoms with Crippen LogP contribution in [0.5, 0.6) is 0 Å². The molecule has 1 rings (SSSR count). The number of quaternary nitrogens is 1. The molecule has 0 amide bonds. The summed E-state index contributed by atoms with van der Waals surface area (Å²) in [6.07, 6.45) is 1.52. The van der Waals surface area contributed by atoms with E-state index in [1.54, 1.807) is 0 Å². The van der Waals surface area contributed by atoms with Gasteiger partial charge in [-0.15, -0.1) is 5.10 Å². The van der Waals surface area contributed by atoms with E-state index in [-0.39, 0.29) is 5.22 Å². The summed E-state index contributed by atoms with van der Waals surface area (Å²) in [6, 6.07) is 0. The molecule has 0 aliphatic carbocycles. The van der Waals surface area contributed by atoms with E-state index in [0.717, 1.165) is 6.26 Å². The molecule has 0 saturated heterocycles. The molecule has 0 atom stereocenters. The van der Waals surface area contributed by atoms with E-state index in [9.17, 15) is 8.42 Å². The summed E-state index contributed by atoms with van der Waals surface area (Å²) < 4.78 is 26.5. The van der Waals surface area contributed by atoms with Crippen LogP contribution < -0.4 is 5.73 Å². The van der Waals surface area contributed by atoms with Gasteiger partial charge in [0.25, 0.3) is 0 Å². The lowest BCUT2D eigenvalue weighted by atomic mass is 10.4. The predicted octanol–water partition coefficient (Wildman–Crippen LogP) is -1.74. The van der Waals surface area contributed by atoms with E-state index in [2.05, 4.69) is 15.9 Å². The summed E-state index contributed by atoms with van der Waals surface area (Å²) in [5.74, 6) is 0.311. The minimum atomic E-state index is -3.36. The lowest BCUT2D eigenvalue weighted by molar-refractivity contribution is -0.367. The molecule has 12 heavy (non-hydrogen) atoms. The second-order valence-electron chi connectivity index (χ2n) is 2.34. The van der Waals surface area contributed by atoms with E-state index in [0.29, 0.717) is 18.9 Å². The van der Waals surface area contributed by atoms with E-state index in [4.69, 9.17) is 4.42 Å². The van der Waals surface area contributed by atoms with Gasteiger partial charge >= 0.3 is 5.22 Å². The molecule has 1 heterocycles. The molecule has 6 nitrogen and oxygen atoms in total. The average molecular weight is 192 g/mol. The van der Waals surface area contributed by atoms with E-state index in [1.807, 2.05) is 0 Å². The Morgan fingerprint density at radius 1 is 1.50 bits per heavy atom. The van der Waals surface area contributed by atoms with Crippen LogP contribution in [0.25, 0.3) is 0 Å². The SMILES string of the molecule is CS(=O)(=O)c1nnc(CC[NH3+])o1. The Balaban J connectivity index is 2.92. The van der Waals surface area contributed by atoms with Crippen molar-refractivity contribution in [1.82, 2.24) is 10.2 Å². The first-order chi connectivity index (χ1) is 5.54. The Bertz CT molecular complexity index is 356. The van der Waals surface area contributed by atoms with Crippen LogP contribution in [0, 0.1) is 0 Å². The number of hydrogen-bond acceptors (Lipinski definition) is 5. The summed E-state index contributed by atoms with van der Waals surface area (Å²) in [6.45, 7) is 0.603. The standard InChI is InChI=1S/C5H9N3O3S/c1-12(9,10)5-8-7-4(11-5)2-3-6/h2-3,6H2,1H3/p+1. The lowest BCUT2D eigenvalue weighted by Gasteiger charge is -1.86. The van der Waals surface area contributed by atoms with Crippen LogP contribution in [0.4, 0.5) is 0 Å². The average Bonchev–Trinajstić information content (AvgIpc) is 2.35. The maximum atomic E-state index is 10.8. The quantitative estimate of drug-likeness (QED) is 0.612. The Labute approximate surface area is 69.7 Å². The number of nitrogens with zero attached hydrogens (tertiary/aromatic N) is 2. The van der Waals surface area contributed by atoms with Crippen molar-refractivity contribution >= 4 is 9.84 Å². The van der Waals surface area contributed by atoms with Crippen molar-refractivity contribution in [3.63, 3.8) is 0 Å². The molecule has 0 aliphatic rings. The van der Waals surface area contributed by atoms with Gasteiger partial charge in [-0.1, -0.05) is 5.10 Å². The Morgan fingerprint density at radius 2 is 2.17 bits per heavy atom. The highest BCUT2D eigenvalue weighted by atomic mass is 32.2. The molecule has 7 heteroatoms. The molecule has 0 radical (unpaired) electrons. The molecule has 0 fully saturated rings. The summed E-state index contributed by atoms with van der Waals surface area (Å²) in [5, 5.41) is 6.58. The molecular weight excluding hydrogens is 182 g/mol. The van der Waals surface area contributed by atoms with Gasteiger partial charge in [-0.3, -0.25) is 0 Å². The van der Waals surface area contributed by atoms with Gasteiger partial charge < -0.3 is 10.2 Å². The highest BCUT2D eigenvalue weighted by molar-refractivity contribution is 7.90. The fourth-order valence-corrected chi connectivity index (χ4v) is 1.08. The normalized spacial score (nSPS) is 11.8. The van der Waals surface area contributed by atoms with Gasteiger partial charge in [0.15, 0.2) is 0 Å². The maximum absolute atomic E-state index is 10.8. The second-order valence-corrected chi connectivity index (χ2v) is 4.23. The number of aromatic nitrogens is 2. The van der Waals surface area contributed by atoms with Crippen LogP contribution in [0.2, 0.25) is 0 Å². The van der Waals surface area contributed by atoms with Crippen molar-refractivity contribution in [2.24, 2.45) is 0 Å². The van der Waals surface area contributed by atoms with Crippen molar-refractivity contribution in [2.75, 3.05) is 12.8 Å². The zero-order valence-corrected chi connectivity index (χ0v) is 7.47. The third-order valence-electron chi connectivity index (χ3n) is 1.16. The zero-order chi connectivity index (χ0) is 9.19. The molecule has 0 aliphatic heterocycles. The van der Waals surface area contributed by atoms with Gasteiger partial charge in [0.1, 0.15) is 0 Å². The minimum absolute atomic E-state index is 0.311. The number of rotatable bonds is 3. The third kappa shape index (κ3) is 2.02. The van der Waals surface area contributed by atoms with Gasteiger partial charge in [0, 0.05) is 6.26 Å². The number of sulfone groups is 1. The maximum Gasteiger partial charge on any atom is 0.335 e. The van der Waals surface area contributed by atoms with Gasteiger partial charge in [-0.2, -0.15) is 0 Å². The molecule has 3 N–H and O–H groups in total. The molecule has 1 aromatic heterocycles. The monoisotopic (exact) mass is 192 g/mol. The molecule has 68 valence electrons. The van der Waals surface area contributed by atoms with Crippen molar-refractivity contribution in [1.29, 1.82) is 0 Å². The fourth-order valence-electron chi connectivity index (χ4n) is 0.640. The van der Waals surface area contributed by atoms with Gasteiger partial charge in [-0.25, -0.2) is 8.42 Å². The molecule has 0 aromatic carbocycles. The summed E-state index contributed by atoms with van der Waals surface area (Å²) in [5.41, 5.74) is 3.58. The molecule has 0 bridgehead atoms. The van der Waals surface area contributed by atoms with Gasteiger partial charge in [0.05, 0.1) is 13.0 Å². The predicted molar refractivity (Wildman–Crippen MR) is 38.9 cm³/mol. The third-order valence-corrected chi connectivity index (χ3v) is 1.96. The first-order valence-electron chi connectivity index (χ1n) is 3.35. The Morgan fingerprint density at radius 3 is 2.58 bits per heavy atom. The molecule has 0 saturated carbocycles. The van der Waals surface area contributed by atoms with E-state index in [1.165, 1.54) is 0 Å². The van der Waals surface area contributed by atoms with Gasteiger partial charge in [-0.05, 0) is 0 Å². The topological polar surface area (TPSA) is 101 Å². The summed E-state index contributed by atoms with van der Waals surface area (Å²) in [4.78, 5) is 0. The second kappa shape index (κ2) is 3.20. The molecule has 0 unspecified atom stereocenters. The van der Waals surface area contributed by atoms with Crippen LogP contribution in [-0.4, -0.2) is 31.4 Å². The highest BCUT2D eigenvalue weighted by Crippen LogP contribution is 2.05. The molecule has 0 spiro atoms. The number of hydrogen-bond donors (Lipinski definition) is 1. The lowest BCUT2D eigenvalue weighted by Crippen LogP contribution is -2.51.